The van der Waals surface area contributed by atoms with Crippen LogP contribution in [0.5, 0.6) is 0 Å². The molecule has 3 heterocycles. The molecule has 6 fully saturated rings. The zero-order valence-corrected chi connectivity index (χ0v) is 21.2. The number of ketones is 1. The number of hydrogen-bond acceptors (Lipinski definition) is 7. The van der Waals surface area contributed by atoms with Gasteiger partial charge in [0.1, 0.15) is 23.1 Å². The minimum absolute atomic E-state index is 0.0805. The standard InChI is InChI=1S/C28H38O7/c1-13-11-21(33-23(31)14(13)2)26(4)18-6-5-17-15-12-22-28(34-22)20(30)8-7-19(29)25(28,3)16(15)9-10-27(17,18)24(32)35-26/h15-18,20-22,24,30,32H,5-12H2,1-4H3. The van der Waals surface area contributed by atoms with Gasteiger partial charge in [-0.2, -0.15) is 0 Å². The van der Waals surface area contributed by atoms with Crippen molar-refractivity contribution in [3.8, 4) is 0 Å². The van der Waals surface area contributed by atoms with Crippen LogP contribution in [0.4, 0.5) is 0 Å². The second-order valence-electron chi connectivity index (χ2n) is 13.1. The van der Waals surface area contributed by atoms with E-state index in [4.69, 9.17) is 14.2 Å². The molecule has 12 atom stereocenters. The molecule has 4 saturated carbocycles. The molecule has 2 N–H and O–H groups in total. The van der Waals surface area contributed by atoms with E-state index < -0.39 is 40.5 Å². The third kappa shape index (κ3) is 2.39. The maximum atomic E-state index is 13.4. The second-order valence-corrected chi connectivity index (χ2v) is 13.1. The van der Waals surface area contributed by atoms with Crippen molar-refractivity contribution in [3.05, 3.63) is 11.1 Å². The molecule has 0 aromatic carbocycles. The van der Waals surface area contributed by atoms with Gasteiger partial charge >= 0.3 is 5.97 Å². The van der Waals surface area contributed by atoms with Crippen molar-refractivity contribution in [1.29, 1.82) is 0 Å². The molecule has 7 heteroatoms. The van der Waals surface area contributed by atoms with Crippen molar-refractivity contribution in [3.63, 3.8) is 0 Å². The summed E-state index contributed by atoms with van der Waals surface area (Å²) in [5, 5.41) is 22.5. The molecule has 35 heavy (non-hydrogen) atoms. The largest absolute Gasteiger partial charge is 0.456 e. The molecule has 7 rings (SSSR count). The first-order chi connectivity index (χ1) is 16.5. The van der Waals surface area contributed by atoms with Crippen LogP contribution >= 0.6 is 0 Å². The number of hydrogen-bond donors (Lipinski definition) is 2. The molecule has 0 radical (unpaired) electrons. The maximum Gasteiger partial charge on any atom is 0.334 e. The van der Waals surface area contributed by atoms with Crippen LogP contribution in [-0.2, 0) is 23.8 Å². The van der Waals surface area contributed by atoms with Crippen LogP contribution in [0.3, 0.4) is 0 Å². The van der Waals surface area contributed by atoms with Gasteiger partial charge in [-0.1, -0.05) is 5.57 Å². The summed E-state index contributed by atoms with van der Waals surface area (Å²) in [6.45, 7) is 7.88. The third-order valence-electron chi connectivity index (χ3n) is 12.4. The summed E-state index contributed by atoms with van der Waals surface area (Å²) in [5.74, 6) is 0.683. The van der Waals surface area contributed by atoms with Gasteiger partial charge in [0.2, 0.25) is 0 Å². The van der Waals surface area contributed by atoms with Crippen molar-refractivity contribution in [1.82, 2.24) is 0 Å². The van der Waals surface area contributed by atoms with Crippen molar-refractivity contribution in [2.75, 3.05) is 0 Å². The SMILES string of the molecule is CC1=C(C)C(=O)OC(C2(C)OC(O)C34CCC5C(CC6OC67C(O)CCC(=O)C57C)C3CCC24)C1. The molecule has 0 amide bonds. The van der Waals surface area contributed by atoms with Crippen molar-refractivity contribution in [2.45, 2.75) is 115 Å². The smallest absolute Gasteiger partial charge is 0.334 e. The van der Waals surface area contributed by atoms with E-state index in [1.807, 2.05) is 20.8 Å². The van der Waals surface area contributed by atoms with Gasteiger partial charge in [-0.3, -0.25) is 4.79 Å². The number of aliphatic hydroxyl groups excluding tert-OH is 2. The van der Waals surface area contributed by atoms with Crippen molar-refractivity contribution < 1.29 is 34.0 Å². The first kappa shape index (κ1) is 22.9. The number of epoxide rings is 1. The van der Waals surface area contributed by atoms with Gasteiger partial charge in [0.05, 0.1) is 17.6 Å². The van der Waals surface area contributed by atoms with Gasteiger partial charge in [-0.15, -0.1) is 0 Å². The summed E-state index contributed by atoms with van der Waals surface area (Å²) in [4.78, 5) is 26.0. The normalized spacial score (nSPS) is 58.7. The fraction of sp³-hybridized carbons (Fsp3) is 0.857. The first-order valence-electron chi connectivity index (χ1n) is 13.6. The molecule has 7 aliphatic rings. The quantitative estimate of drug-likeness (QED) is 0.433. The van der Waals surface area contributed by atoms with Gasteiger partial charge in [0.25, 0.3) is 0 Å². The Labute approximate surface area is 206 Å². The van der Waals surface area contributed by atoms with Crippen LogP contribution in [0.1, 0.15) is 79.1 Å². The summed E-state index contributed by atoms with van der Waals surface area (Å²) >= 11 is 0. The number of rotatable bonds is 1. The molecule has 12 unspecified atom stereocenters. The van der Waals surface area contributed by atoms with E-state index in [1.165, 1.54) is 0 Å². The highest BCUT2D eigenvalue weighted by molar-refractivity contribution is 5.90. The molecule has 192 valence electrons. The molecule has 7 nitrogen and oxygen atoms in total. The molecular weight excluding hydrogens is 448 g/mol. The average molecular weight is 487 g/mol. The van der Waals surface area contributed by atoms with Crippen LogP contribution in [0.15, 0.2) is 11.1 Å². The minimum atomic E-state index is -0.913. The van der Waals surface area contributed by atoms with E-state index in [1.54, 1.807) is 0 Å². The zero-order chi connectivity index (χ0) is 24.7. The Kier molecular flexibility index (Phi) is 4.43. The van der Waals surface area contributed by atoms with E-state index in [2.05, 4.69) is 6.92 Å². The summed E-state index contributed by atoms with van der Waals surface area (Å²) in [6, 6.07) is 0. The van der Waals surface area contributed by atoms with Crippen molar-refractivity contribution in [2.24, 2.45) is 34.5 Å². The summed E-state index contributed by atoms with van der Waals surface area (Å²) < 4.78 is 18.6. The third-order valence-corrected chi connectivity index (χ3v) is 12.4. The lowest BCUT2D eigenvalue weighted by Crippen LogP contribution is -2.65. The minimum Gasteiger partial charge on any atom is -0.456 e. The maximum absolute atomic E-state index is 13.4. The number of cyclic esters (lactones) is 1. The van der Waals surface area contributed by atoms with Crippen LogP contribution in [0.2, 0.25) is 0 Å². The Morgan fingerprint density at radius 2 is 1.71 bits per heavy atom. The summed E-state index contributed by atoms with van der Waals surface area (Å²) in [7, 11) is 0. The highest BCUT2D eigenvalue weighted by Crippen LogP contribution is 2.76. The fourth-order valence-electron chi connectivity index (χ4n) is 10.5. The highest BCUT2D eigenvalue weighted by Gasteiger charge is 2.82. The Morgan fingerprint density at radius 3 is 2.46 bits per heavy atom. The zero-order valence-electron chi connectivity index (χ0n) is 21.2. The van der Waals surface area contributed by atoms with Crippen LogP contribution in [0.25, 0.3) is 0 Å². The number of Topliss-reactive ketones (excluding diaryl/α,β-unsaturated/α-hetero) is 1. The molecular formula is C28H38O7. The Morgan fingerprint density at radius 1 is 0.943 bits per heavy atom. The molecule has 2 spiro atoms. The molecule has 3 aliphatic heterocycles. The predicted molar refractivity (Wildman–Crippen MR) is 124 cm³/mol. The van der Waals surface area contributed by atoms with Gasteiger partial charge < -0.3 is 24.4 Å². The van der Waals surface area contributed by atoms with Crippen molar-refractivity contribution >= 4 is 11.8 Å². The lowest BCUT2D eigenvalue weighted by Gasteiger charge is -2.58. The highest BCUT2D eigenvalue weighted by atomic mass is 16.7. The lowest BCUT2D eigenvalue weighted by atomic mass is 9.43. The van der Waals surface area contributed by atoms with E-state index in [-0.39, 0.29) is 41.5 Å². The number of fused-ring (bicyclic) bond motifs is 3. The van der Waals surface area contributed by atoms with Crippen LogP contribution in [-0.4, -0.2) is 57.8 Å². The second kappa shape index (κ2) is 6.77. The topological polar surface area (TPSA) is 106 Å². The first-order valence-corrected chi connectivity index (χ1v) is 13.6. The number of carbonyl (C=O) groups excluding carboxylic acids is 2. The average Bonchev–Trinajstić information content (AvgIpc) is 3.34. The van der Waals surface area contributed by atoms with E-state index in [9.17, 15) is 19.8 Å². The molecule has 2 saturated heterocycles. The summed E-state index contributed by atoms with van der Waals surface area (Å²) in [6.07, 6.45) is 3.91. The van der Waals surface area contributed by atoms with Gasteiger partial charge in [-0.25, -0.2) is 4.79 Å². The number of carbonyl (C=O) groups is 2. The van der Waals surface area contributed by atoms with Gasteiger partial charge in [0.15, 0.2) is 6.29 Å². The molecule has 0 bridgehead atoms. The van der Waals surface area contributed by atoms with Crippen LogP contribution < -0.4 is 0 Å². The monoisotopic (exact) mass is 486 g/mol. The Balaban J connectivity index is 1.24. The van der Waals surface area contributed by atoms with Gasteiger partial charge in [0, 0.05) is 29.7 Å². The van der Waals surface area contributed by atoms with Crippen LogP contribution in [0, 0.1) is 34.5 Å². The fourth-order valence-corrected chi connectivity index (χ4v) is 10.5. The van der Waals surface area contributed by atoms with E-state index >= 15 is 0 Å². The number of ether oxygens (including phenoxy) is 3. The molecule has 0 aromatic rings. The van der Waals surface area contributed by atoms with E-state index in [0.29, 0.717) is 24.8 Å². The number of esters is 1. The predicted octanol–water partition coefficient (Wildman–Crippen LogP) is 3.06. The summed E-state index contributed by atoms with van der Waals surface area (Å²) in [5.41, 5.74) is -0.804. The Bertz CT molecular complexity index is 1050. The Hall–Kier alpha value is -1.28. The number of aliphatic hydroxyl groups is 2. The lowest BCUT2D eigenvalue weighted by molar-refractivity contribution is -0.219. The molecule has 0 aromatic heterocycles. The van der Waals surface area contributed by atoms with E-state index in [0.717, 1.165) is 37.7 Å². The van der Waals surface area contributed by atoms with Gasteiger partial charge in [-0.05, 0) is 84.0 Å². The molecule has 4 aliphatic carbocycles.